The first kappa shape index (κ1) is 20.8. The van der Waals surface area contributed by atoms with Gasteiger partial charge in [0.15, 0.2) is 6.10 Å². The van der Waals surface area contributed by atoms with Crippen LogP contribution in [0.5, 0.6) is 5.75 Å². The van der Waals surface area contributed by atoms with Crippen LogP contribution < -0.4 is 9.96 Å². The number of rotatable bonds is 3. The third kappa shape index (κ3) is 3.21. The maximum absolute atomic E-state index is 13.5. The SMILES string of the molecule is O=C1[C@H]2[C@H](ON(c3ccccc3)[C@H]2c2cc(Cl)cc(Cl)c2O)C(=O)N1c1ccc(F)cc1. The minimum absolute atomic E-state index is 0.0103. The summed E-state index contributed by atoms with van der Waals surface area (Å²) in [6.07, 6.45) is -1.14. The van der Waals surface area contributed by atoms with Gasteiger partial charge in [-0.2, -0.15) is 0 Å². The number of para-hydroxylation sites is 1. The molecule has 2 fully saturated rings. The molecule has 2 saturated heterocycles. The lowest BCUT2D eigenvalue weighted by molar-refractivity contribution is -0.126. The third-order valence-electron chi connectivity index (χ3n) is 5.59. The molecule has 0 saturated carbocycles. The second-order valence-electron chi connectivity index (χ2n) is 7.47. The monoisotopic (exact) mass is 472 g/mol. The minimum Gasteiger partial charge on any atom is -0.506 e. The van der Waals surface area contributed by atoms with E-state index in [0.29, 0.717) is 5.69 Å². The molecule has 3 aromatic carbocycles. The largest absolute Gasteiger partial charge is 0.506 e. The lowest BCUT2D eigenvalue weighted by atomic mass is 9.90. The Morgan fingerprint density at radius 1 is 0.906 bits per heavy atom. The van der Waals surface area contributed by atoms with Gasteiger partial charge in [-0.25, -0.2) is 14.4 Å². The molecule has 6 nitrogen and oxygen atoms in total. The zero-order valence-electron chi connectivity index (χ0n) is 16.3. The van der Waals surface area contributed by atoms with Crippen LogP contribution in [0, 0.1) is 11.7 Å². The van der Waals surface area contributed by atoms with Gasteiger partial charge in [0, 0.05) is 10.6 Å². The highest BCUT2D eigenvalue weighted by molar-refractivity contribution is 6.35. The molecule has 0 radical (unpaired) electrons. The van der Waals surface area contributed by atoms with E-state index in [4.69, 9.17) is 28.0 Å². The minimum atomic E-state index is -1.14. The number of nitrogens with zero attached hydrogens (tertiary/aromatic N) is 2. The van der Waals surface area contributed by atoms with Crippen molar-refractivity contribution in [2.75, 3.05) is 9.96 Å². The molecule has 32 heavy (non-hydrogen) atoms. The molecular formula is C23H15Cl2FN2O4. The molecule has 9 heteroatoms. The first-order valence-electron chi connectivity index (χ1n) is 9.69. The van der Waals surface area contributed by atoms with Crippen LogP contribution in [-0.4, -0.2) is 23.0 Å². The molecule has 0 unspecified atom stereocenters. The summed E-state index contributed by atoms with van der Waals surface area (Å²) in [4.78, 5) is 33.6. The quantitative estimate of drug-likeness (QED) is 0.549. The Hall–Kier alpha value is -3.13. The highest BCUT2D eigenvalue weighted by Gasteiger charge is 2.60. The normalized spacial score (nSPS) is 22.5. The van der Waals surface area contributed by atoms with Crippen LogP contribution in [0.15, 0.2) is 66.7 Å². The number of aromatic hydroxyl groups is 1. The van der Waals surface area contributed by atoms with Crippen LogP contribution in [0.3, 0.4) is 0 Å². The standard InChI is InChI=1S/C23H15Cl2FN2O4/c24-12-10-16(20(29)17(25)11-12)19-18-21(32-28(19)15-4-2-1-3-5-15)23(31)27(22(18)30)14-8-6-13(26)7-9-14/h1-11,18-19,21,29H/t18-,19+,21+/m1/s1. The van der Waals surface area contributed by atoms with Crippen molar-refractivity contribution in [3.63, 3.8) is 0 Å². The van der Waals surface area contributed by atoms with Crippen LogP contribution in [0.4, 0.5) is 15.8 Å². The first-order chi connectivity index (χ1) is 15.4. The predicted molar refractivity (Wildman–Crippen MR) is 117 cm³/mol. The number of anilines is 2. The lowest BCUT2D eigenvalue weighted by Gasteiger charge is -2.29. The number of imide groups is 1. The van der Waals surface area contributed by atoms with Gasteiger partial charge in [0.25, 0.3) is 5.91 Å². The fourth-order valence-corrected chi connectivity index (χ4v) is 4.69. The van der Waals surface area contributed by atoms with E-state index in [1.54, 1.807) is 24.3 Å². The molecule has 0 spiro atoms. The maximum atomic E-state index is 13.5. The van der Waals surface area contributed by atoms with Gasteiger partial charge < -0.3 is 5.11 Å². The second-order valence-corrected chi connectivity index (χ2v) is 8.32. The Labute approximate surface area is 192 Å². The first-order valence-corrected chi connectivity index (χ1v) is 10.4. The average molecular weight is 473 g/mol. The Bertz CT molecular complexity index is 1220. The molecule has 2 amide bonds. The van der Waals surface area contributed by atoms with E-state index in [9.17, 15) is 19.1 Å². The second kappa shape index (κ2) is 7.78. The van der Waals surface area contributed by atoms with E-state index in [2.05, 4.69) is 0 Å². The lowest BCUT2D eigenvalue weighted by Crippen LogP contribution is -2.37. The fourth-order valence-electron chi connectivity index (χ4n) is 4.19. The number of phenols is 1. The Morgan fingerprint density at radius 2 is 1.59 bits per heavy atom. The topological polar surface area (TPSA) is 70.1 Å². The number of hydrogen-bond donors (Lipinski definition) is 1. The van der Waals surface area contributed by atoms with Crippen molar-refractivity contribution in [1.29, 1.82) is 0 Å². The van der Waals surface area contributed by atoms with E-state index in [1.165, 1.54) is 41.5 Å². The summed E-state index contributed by atoms with van der Waals surface area (Å²) < 4.78 is 13.4. The number of halogens is 3. The van der Waals surface area contributed by atoms with E-state index in [1.807, 2.05) is 6.07 Å². The number of benzene rings is 3. The van der Waals surface area contributed by atoms with Crippen molar-refractivity contribution in [2.24, 2.45) is 5.92 Å². The number of hydroxylamine groups is 1. The number of amides is 2. The summed E-state index contributed by atoms with van der Waals surface area (Å²) in [5.74, 6) is -2.86. The number of hydrogen-bond acceptors (Lipinski definition) is 5. The number of fused-ring (bicyclic) bond motifs is 1. The van der Waals surface area contributed by atoms with Crippen molar-refractivity contribution in [2.45, 2.75) is 12.1 Å². The van der Waals surface area contributed by atoms with Gasteiger partial charge in [-0.05, 0) is 48.5 Å². The summed E-state index contributed by atoms with van der Waals surface area (Å²) >= 11 is 12.3. The molecule has 0 aliphatic carbocycles. The van der Waals surface area contributed by atoms with Gasteiger partial charge in [0.05, 0.1) is 22.4 Å². The number of carbonyl (C=O) groups excluding carboxylic acids is 2. The smallest absolute Gasteiger partial charge is 0.266 e. The molecule has 0 aromatic heterocycles. The average Bonchev–Trinajstić information content (AvgIpc) is 3.28. The zero-order valence-corrected chi connectivity index (χ0v) is 17.8. The van der Waals surface area contributed by atoms with Crippen LogP contribution >= 0.6 is 23.2 Å². The van der Waals surface area contributed by atoms with E-state index in [-0.39, 0.29) is 27.0 Å². The van der Waals surface area contributed by atoms with Crippen LogP contribution in [0.1, 0.15) is 11.6 Å². The Balaban J connectivity index is 1.64. The van der Waals surface area contributed by atoms with Gasteiger partial charge in [-0.3, -0.25) is 14.4 Å². The summed E-state index contributed by atoms with van der Waals surface area (Å²) in [5.41, 5.74) is 1.06. The molecule has 3 aromatic rings. The Kier molecular flexibility index (Phi) is 5.04. The molecule has 2 aliphatic heterocycles. The molecule has 2 heterocycles. The predicted octanol–water partition coefficient (Wildman–Crippen LogP) is 4.89. The molecule has 162 valence electrons. The van der Waals surface area contributed by atoms with Crippen molar-refractivity contribution >= 4 is 46.4 Å². The highest BCUT2D eigenvalue weighted by Crippen LogP contribution is 2.50. The van der Waals surface area contributed by atoms with E-state index in [0.717, 1.165) is 4.90 Å². The molecular weight excluding hydrogens is 458 g/mol. The van der Waals surface area contributed by atoms with E-state index >= 15 is 0 Å². The molecule has 3 atom stereocenters. The van der Waals surface area contributed by atoms with Gasteiger partial charge in [0.1, 0.15) is 17.5 Å². The van der Waals surface area contributed by atoms with Crippen molar-refractivity contribution < 1.29 is 23.9 Å². The van der Waals surface area contributed by atoms with Crippen LogP contribution in [0.25, 0.3) is 0 Å². The van der Waals surface area contributed by atoms with E-state index < -0.39 is 35.7 Å². The maximum Gasteiger partial charge on any atom is 0.266 e. The van der Waals surface area contributed by atoms with Crippen LogP contribution in [0.2, 0.25) is 10.0 Å². The molecule has 2 aliphatic rings. The van der Waals surface area contributed by atoms with Gasteiger partial charge in [0.2, 0.25) is 5.91 Å². The summed E-state index contributed by atoms with van der Waals surface area (Å²) in [6.45, 7) is 0. The highest BCUT2D eigenvalue weighted by atomic mass is 35.5. The summed E-state index contributed by atoms with van der Waals surface area (Å²) in [7, 11) is 0. The third-order valence-corrected chi connectivity index (χ3v) is 6.09. The zero-order chi connectivity index (χ0) is 22.6. The molecule has 5 rings (SSSR count). The Morgan fingerprint density at radius 3 is 2.28 bits per heavy atom. The summed E-state index contributed by atoms with van der Waals surface area (Å²) in [5, 5.41) is 12.4. The number of phenolic OH excluding ortho intramolecular Hbond substituents is 1. The van der Waals surface area contributed by atoms with Crippen molar-refractivity contribution in [3.05, 3.63) is 88.2 Å². The fraction of sp³-hybridized carbons (Fsp3) is 0.130. The van der Waals surface area contributed by atoms with Gasteiger partial charge >= 0.3 is 0 Å². The van der Waals surface area contributed by atoms with Gasteiger partial charge in [-0.15, -0.1) is 0 Å². The van der Waals surface area contributed by atoms with Crippen molar-refractivity contribution in [3.8, 4) is 5.75 Å². The van der Waals surface area contributed by atoms with Crippen LogP contribution in [-0.2, 0) is 14.4 Å². The molecule has 0 bridgehead atoms. The molecule has 1 N–H and O–H groups in total. The summed E-state index contributed by atoms with van der Waals surface area (Å²) in [6, 6.07) is 15.9. The van der Waals surface area contributed by atoms with Gasteiger partial charge in [-0.1, -0.05) is 41.4 Å². The van der Waals surface area contributed by atoms with Crippen molar-refractivity contribution in [1.82, 2.24) is 0 Å². The number of carbonyl (C=O) groups is 2.